The fraction of sp³-hybridized carbons (Fsp3) is 0.467. The van der Waals surface area contributed by atoms with Gasteiger partial charge >= 0.3 is 0 Å². The number of ether oxygens (including phenoxy) is 1. The van der Waals surface area contributed by atoms with Crippen LogP contribution in [0.25, 0.3) is 0 Å². The summed E-state index contributed by atoms with van der Waals surface area (Å²) < 4.78 is 5.58. The molecule has 0 atom stereocenters. The Morgan fingerprint density at radius 2 is 2.00 bits per heavy atom. The summed E-state index contributed by atoms with van der Waals surface area (Å²) in [4.78, 5) is 23.2. The van der Waals surface area contributed by atoms with Crippen molar-refractivity contribution in [3.8, 4) is 5.75 Å². The lowest BCUT2D eigenvalue weighted by Crippen LogP contribution is -2.18. The SMILES string of the molecule is CCCOc1ccc(C(C)=O)cc1NC(=O)C(C)C. The number of benzene rings is 1. The fourth-order valence-electron chi connectivity index (χ4n) is 1.46. The number of anilines is 1. The Balaban J connectivity index is 3.03. The Kier molecular flexibility index (Phi) is 5.55. The minimum Gasteiger partial charge on any atom is -0.491 e. The van der Waals surface area contributed by atoms with Crippen LogP contribution in [-0.4, -0.2) is 18.3 Å². The van der Waals surface area contributed by atoms with Crippen LogP contribution in [0.2, 0.25) is 0 Å². The topological polar surface area (TPSA) is 55.4 Å². The molecule has 0 aliphatic carbocycles. The highest BCUT2D eigenvalue weighted by atomic mass is 16.5. The van der Waals surface area contributed by atoms with Crippen LogP contribution >= 0.6 is 0 Å². The lowest BCUT2D eigenvalue weighted by atomic mass is 10.1. The molecule has 0 spiro atoms. The molecule has 4 heteroatoms. The molecule has 0 saturated carbocycles. The van der Waals surface area contributed by atoms with Crippen molar-refractivity contribution in [1.82, 2.24) is 0 Å². The minimum absolute atomic E-state index is 0.0397. The lowest BCUT2D eigenvalue weighted by Gasteiger charge is -2.14. The molecule has 0 fully saturated rings. The minimum atomic E-state index is -0.125. The van der Waals surface area contributed by atoms with Crippen LogP contribution in [0.3, 0.4) is 0 Å². The van der Waals surface area contributed by atoms with Gasteiger partial charge in [-0.25, -0.2) is 0 Å². The van der Waals surface area contributed by atoms with Crippen LogP contribution in [0, 0.1) is 5.92 Å². The van der Waals surface area contributed by atoms with Crippen LogP contribution < -0.4 is 10.1 Å². The summed E-state index contributed by atoms with van der Waals surface area (Å²) in [7, 11) is 0. The Bertz CT molecular complexity index is 466. The summed E-state index contributed by atoms with van der Waals surface area (Å²) in [5.41, 5.74) is 1.11. The number of carbonyl (C=O) groups excluding carboxylic acids is 2. The van der Waals surface area contributed by atoms with Crippen molar-refractivity contribution >= 4 is 17.4 Å². The van der Waals surface area contributed by atoms with Crippen molar-refractivity contribution in [3.63, 3.8) is 0 Å². The summed E-state index contributed by atoms with van der Waals surface area (Å²) >= 11 is 0. The zero-order valence-electron chi connectivity index (χ0n) is 11.9. The van der Waals surface area contributed by atoms with E-state index in [0.29, 0.717) is 23.6 Å². The van der Waals surface area contributed by atoms with E-state index in [9.17, 15) is 9.59 Å². The monoisotopic (exact) mass is 263 g/mol. The van der Waals surface area contributed by atoms with Crippen molar-refractivity contribution < 1.29 is 14.3 Å². The van der Waals surface area contributed by atoms with Gasteiger partial charge in [-0.2, -0.15) is 0 Å². The van der Waals surface area contributed by atoms with Crippen molar-refractivity contribution in [2.24, 2.45) is 5.92 Å². The molecule has 4 nitrogen and oxygen atoms in total. The number of amides is 1. The molecule has 1 aromatic carbocycles. The summed E-state index contributed by atoms with van der Waals surface area (Å²) in [5, 5.41) is 2.80. The van der Waals surface area contributed by atoms with Crippen LogP contribution in [0.15, 0.2) is 18.2 Å². The lowest BCUT2D eigenvalue weighted by molar-refractivity contribution is -0.118. The Morgan fingerprint density at radius 1 is 1.32 bits per heavy atom. The average Bonchev–Trinajstić information content (AvgIpc) is 2.36. The fourth-order valence-corrected chi connectivity index (χ4v) is 1.46. The molecule has 0 radical (unpaired) electrons. The zero-order valence-corrected chi connectivity index (χ0v) is 11.9. The first-order valence-corrected chi connectivity index (χ1v) is 6.54. The van der Waals surface area contributed by atoms with Crippen molar-refractivity contribution in [2.45, 2.75) is 34.1 Å². The van der Waals surface area contributed by atoms with E-state index < -0.39 is 0 Å². The van der Waals surface area contributed by atoms with Gasteiger partial charge in [-0.3, -0.25) is 9.59 Å². The highest BCUT2D eigenvalue weighted by Crippen LogP contribution is 2.26. The standard InChI is InChI=1S/C15H21NO3/c1-5-8-19-14-7-6-12(11(4)17)9-13(14)16-15(18)10(2)3/h6-7,9-10H,5,8H2,1-4H3,(H,16,18). The number of hydrogen-bond acceptors (Lipinski definition) is 3. The first kappa shape index (κ1) is 15.2. The van der Waals surface area contributed by atoms with Crippen LogP contribution in [0.5, 0.6) is 5.75 Å². The molecule has 0 aliphatic heterocycles. The number of carbonyl (C=O) groups is 2. The van der Waals surface area contributed by atoms with Gasteiger partial charge in [0.2, 0.25) is 5.91 Å². The predicted molar refractivity (Wildman–Crippen MR) is 75.7 cm³/mol. The number of rotatable bonds is 6. The van der Waals surface area contributed by atoms with E-state index >= 15 is 0 Å². The Morgan fingerprint density at radius 3 is 2.53 bits per heavy atom. The van der Waals surface area contributed by atoms with E-state index in [4.69, 9.17) is 4.74 Å². The van der Waals surface area contributed by atoms with E-state index in [0.717, 1.165) is 6.42 Å². The molecule has 1 aromatic rings. The van der Waals surface area contributed by atoms with Crippen molar-refractivity contribution in [2.75, 3.05) is 11.9 Å². The highest BCUT2D eigenvalue weighted by Gasteiger charge is 2.13. The third kappa shape index (κ3) is 4.39. The molecular weight excluding hydrogens is 242 g/mol. The Labute approximate surface area is 114 Å². The van der Waals surface area contributed by atoms with E-state index in [-0.39, 0.29) is 17.6 Å². The van der Waals surface area contributed by atoms with Crippen LogP contribution in [0.4, 0.5) is 5.69 Å². The van der Waals surface area contributed by atoms with E-state index in [1.165, 1.54) is 6.92 Å². The molecule has 0 heterocycles. The van der Waals surface area contributed by atoms with Gasteiger partial charge in [-0.05, 0) is 31.5 Å². The van der Waals surface area contributed by atoms with Crippen molar-refractivity contribution in [3.05, 3.63) is 23.8 Å². The zero-order chi connectivity index (χ0) is 14.4. The predicted octanol–water partition coefficient (Wildman–Crippen LogP) is 3.27. The van der Waals surface area contributed by atoms with Crippen molar-refractivity contribution in [1.29, 1.82) is 0 Å². The molecule has 0 aromatic heterocycles. The van der Waals surface area contributed by atoms with Gasteiger partial charge in [0.25, 0.3) is 0 Å². The van der Waals surface area contributed by atoms with Crippen LogP contribution in [-0.2, 0) is 4.79 Å². The average molecular weight is 263 g/mol. The maximum absolute atomic E-state index is 11.8. The molecule has 0 unspecified atom stereocenters. The second kappa shape index (κ2) is 6.92. The van der Waals surface area contributed by atoms with Gasteiger partial charge in [0.05, 0.1) is 12.3 Å². The first-order valence-electron chi connectivity index (χ1n) is 6.54. The van der Waals surface area contributed by atoms with Gasteiger partial charge in [0.1, 0.15) is 5.75 Å². The van der Waals surface area contributed by atoms with Gasteiger partial charge in [0.15, 0.2) is 5.78 Å². The molecule has 0 bridgehead atoms. The number of Topliss-reactive ketones (excluding diaryl/α,β-unsaturated/α-hetero) is 1. The second-order valence-electron chi connectivity index (χ2n) is 4.76. The molecule has 0 saturated heterocycles. The second-order valence-corrected chi connectivity index (χ2v) is 4.76. The third-order valence-corrected chi connectivity index (χ3v) is 2.63. The van der Waals surface area contributed by atoms with E-state index in [2.05, 4.69) is 5.32 Å². The molecule has 19 heavy (non-hydrogen) atoms. The molecule has 1 rings (SSSR count). The summed E-state index contributed by atoms with van der Waals surface area (Å²) in [6, 6.07) is 5.09. The quantitative estimate of drug-likeness (QED) is 0.801. The smallest absolute Gasteiger partial charge is 0.227 e. The normalized spacial score (nSPS) is 10.4. The van der Waals surface area contributed by atoms with Gasteiger partial charge in [0, 0.05) is 11.5 Å². The maximum atomic E-state index is 11.8. The summed E-state index contributed by atoms with van der Waals surface area (Å²) in [5.74, 6) is 0.338. The Hall–Kier alpha value is -1.84. The van der Waals surface area contributed by atoms with Gasteiger partial charge in [-0.1, -0.05) is 20.8 Å². The highest BCUT2D eigenvalue weighted by molar-refractivity contribution is 5.98. The van der Waals surface area contributed by atoms with E-state index in [1.807, 2.05) is 20.8 Å². The summed E-state index contributed by atoms with van der Waals surface area (Å²) in [6.07, 6.45) is 0.881. The number of ketones is 1. The maximum Gasteiger partial charge on any atom is 0.227 e. The summed E-state index contributed by atoms with van der Waals surface area (Å²) in [6.45, 7) is 7.71. The first-order chi connectivity index (χ1) is 8.95. The van der Waals surface area contributed by atoms with E-state index in [1.54, 1.807) is 18.2 Å². The number of hydrogen-bond donors (Lipinski definition) is 1. The molecule has 104 valence electrons. The molecule has 1 amide bonds. The van der Waals surface area contributed by atoms with Crippen LogP contribution in [0.1, 0.15) is 44.5 Å². The van der Waals surface area contributed by atoms with Gasteiger partial charge < -0.3 is 10.1 Å². The molecule has 0 aliphatic rings. The third-order valence-electron chi connectivity index (χ3n) is 2.63. The largest absolute Gasteiger partial charge is 0.491 e. The molecular formula is C15H21NO3. The van der Waals surface area contributed by atoms with Gasteiger partial charge in [-0.15, -0.1) is 0 Å². The molecule has 1 N–H and O–H groups in total. The number of nitrogens with one attached hydrogen (secondary N) is 1.